The molecule has 4 rings (SSSR count). The van der Waals surface area contributed by atoms with Crippen LogP contribution in [0.3, 0.4) is 0 Å². The van der Waals surface area contributed by atoms with Crippen LogP contribution in [-0.2, 0) is 9.53 Å². The number of rotatable bonds is 6. The number of benzene rings is 2. The maximum absolute atomic E-state index is 12.8. The molecule has 1 fully saturated rings. The van der Waals surface area contributed by atoms with E-state index >= 15 is 0 Å². The van der Waals surface area contributed by atoms with Gasteiger partial charge in [0.15, 0.2) is 6.61 Å². The average molecular weight is 447 g/mol. The molecule has 0 atom stereocenters. The van der Waals surface area contributed by atoms with Crippen LogP contribution in [0.2, 0.25) is 0 Å². The van der Waals surface area contributed by atoms with Gasteiger partial charge in [-0.2, -0.15) is 0 Å². The Morgan fingerprint density at radius 2 is 1.79 bits per heavy atom. The number of hydrogen-bond acceptors (Lipinski definition) is 5. The van der Waals surface area contributed by atoms with Crippen molar-refractivity contribution in [1.82, 2.24) is 9.88 Å². The molecule has 0 radical (unpaired) electrons. The maximum Gasteiger partial charge on any atom is 0.338 e. The van der Waals surface area contributed by atoms with Gasteiger partial charge < -0.3 is 14.4 Å². The fourth-order valence-electron chi connectivity index (χ4n) is 4.02. The van der Waals surface area contributed by atoms with Crippen molar-refractivity contribution in [3.63, 3.8) is 0 Å². The van der Waals surface area contributed by atoms with Crippen LogP contribution in [0.4, 0.5) is 0 Å². The van der Waals surface area contributed by atoms with Gasteiger partial charge in [-0.25, -0.2) is 9.78 Å². The predicted molar refractivity (Wildman–Crippen MR) is 128 cm³/mol. The highest BCUT2D eigenvalue weighted by molar-refractivity contribution is 5.97. The zero-order chi connectivity index (χ0) is 23.4. The number of ether oxygens (including phenoxy) is 2. The number of piperidine rings is 1. The summed E-state index contributed by atoms with van der Waals surface area (Å²) in [6.07, 6.45) is 2.04. The molecule has 172 valence electrons. The van der Waals surface area contributed by atoms with Crippen molar-refractivity contribution in [2.75, 3.05) is 26.3 Å². The minimum atomic E-state index is -0.397. The zero-order valence-electron chi connectivity index (χ0n) is 19.5. The molecule has 1 aliphatic rings. The lowest BCUT2D eigenvalue weighted by molar-refractivity contribution is -0.134. The van der Waals surface area contributed by atoms with Crippen molar-refractivity contribution in [2.45, 2.75) is 33.6 Å². The molecule has 0 spiro atoms. The van der Waals surface area contributed by atoms with Crippen molar-refractivity contribution in [3.05, 3.63) is 59.7 Å². The molecular weight excluding hydrogens is 416 g/mol. The number of fused-ring (bicyclic) bond motifs is 1. The number of amides is 1. The summed E-state index contributed by atoms with van der Waals surface area (Å²) in [5, 5.41) is 0.677. The van der Waals surface area contributed by atoms with E-state index in [1.807, 2.05) is 42.2 Å². The third kappa shape index (κ3) is 5.33. The Hall–Kier alpha value is -3.41. The van der Waals surface area contributed by atoms with Crippen LogP contribution in [0, 0.1) is 12.8 Å². The summed E-state index contributed by atoms with van der Waals surface area (Å²) >= 11 is 0. The smallest absolute Gasteiger partial charge is 0.338 e. The molecule has 0 unspecified atom stereocenters. The molecule has 1 aliphatic heterocycles. The van der Waals surface area contributed by atoms with E-state index in [4.69, 9.17) is 14.5 Å². The van der Waals surface area contributed by atoms with Gasteiger partial charge >= 0.3 is 5.97 Å². The lowest BCUT2D eigenvalue weighted by Crippen LogP contribution is -2.40. The van der Waals surface area contributed by atoms with E-state index in [2.05, 4.69) is 6.92 Å². The topological polar surface area (TPSA) is 68.7 Å². The summed E-state index contributed by atoms with van der Waals surface area (Å²) in [5.41, 5.74) is 3.99. The van der Waals surface area contributed by atoms with Gasteiger partial charge in [-0.05, 0) is 50.8 Å². The Morgan fingerprint density at radius 1 is 1.06 bits per heavy atom. The van der Waals surface area contributed by atoms with Crippen LogP contribution in [-0.4, -0.2) is 48.1 Å². The summed E-state index contributed by atoms with van der Waals surface area (Å²) in [6.45, 7) is 7.81. The lowest BCUT2D eigenvalue weighted by atomic mass is 9.99. The quantitative estimate of drug-likeness (QED) is 0.497. The molecule has 6 heteroatoms. The predicted octanol–water partition coefficient (Wildman–Crippen LogP) is 5.02. The Balaban J connectivity index is 1.66. The number of esters is 1. The third-order valence-electron chi connectivity index (χ3n) is 6.12. The monoisotopic (exact) mass is 446 g/mol. The van der Waals surface area contributed by atoms with Gasteiger partial charge in [-0.1, -0.05) is 36.8 Å². The average Bonchev–Trinajstić information content (AvgIpc) is 2.83. The second kappa shape index (κ2) is 10.0. The van der Waals surface area contributed by atoms with Crippen molar-refractivity contribution in [2.24, 2.45) is 5.92 Å². The van der Waals surface area contributed by atoms with E-state index in [0.29, 0.717) is 34.7 Å². The molecule has 2 aromatic carbocycles. The molecule has 3 aromatic rings. The van der Waals surface area contributed by atoms with E-state index < -0.39 is 5.97 Å². The van der Waals surface area contributed by atoms with Gasteiger partial charge in [0.2, 0.25) is 0 Å². The van der Waals surface area contributed by atoms with E-state index in [1.165, 1.54) is 0 Å². The minimum Gasteiger partial charge on any atom is -0.483 e. The van der Waals surface area contributed by atoms with E-state index in [9.17, 15) is 9.59 Å². The number of pyridine rings is 1. The van der Waals surface area contributed by atoms with Gasteiger partial charge in [0.1, 0.15) is 5.75 Å². The van der Waals surface area contributed by atoms with E-state index in [0.717, 1.165) is 42.8 Å². The largest absolute Gasteiger partial charge is 0.483 e. The van der Waals surface area contributed by atoms with Crippen LogP contribution >= 0.6 is 0 Å². The van der Waals surface area contributed by atoms with Crippen molar-refractivity contribution >= 4 is 22.8 Å². The fraction of sp³-hybridized carbons (Fsp3) is 0.370. The Labute approximate surface area is 194 Å². The summed E-state index contributed by atoms with van der Waals surface area (Å²) in [6, 6.07) is 15.2. The van der Waals surface area contributed by atoms with Gasteiger partial charge in [0, 0.05) is 30.1 Å². The molecule has 6 nitrogen and oxygen atoms in total. The molecule has 1 aromatic heterocycles. The molecule has 0 saturated carbocycles. The first-order chi connectivity index (χ1) is 15.9. The van der Waals surface area contributed by atoms with Crippen molar-refractivity contribution in [1.29, 1.82) is 0 Å². The number of hydrogen-bond donors (Lipinski definition) is 0. The molecular formula is C27H30N2O4. The second-order valence-corrected chi connectivity index (χ2v) is 8.68. The molecule has 1 amide bonds. The maximum atomic E-state index is 12.8. The van der Waals surface area contributed by atoms with Gasteiger partial charge in [-0.3, -0.25) is 4.79 Å². The Kier molecular flexibility index (Phi) is 6.92. The normalized spacial score (nSPS) is 14.3. The van der Waals surface area contributed by atoms with Gasteiger partial charge in [0.05, 0.1) is 23.4 Å². The number of carbonyl (C=O) groups excluding carboxylic acids is 2. The number of aryl methyl sites for hydroxylation is 1. The Bertz CT molecular complexity index is 1150. The second-order valence-electron chi connectivity index (χ2n) is 8.68. The first kappa shape index (κ1) is 22.8. The fourth-order valence-corrected chi connectivity index (χ4v) is 4.02. The molecule has 33 heavy (non-hydrogen) atoms. The first-order valence-corrected chi connectivity index (χ1v) is 11.5. The molecule has 0 N–H and O–H groups in total. The first-order valence-electron chi connectivity index (χ1n) is 11.5. The Morgan fingerprint density at radius 3 is 2.48 bits per heavy atom. The van der Waals surface area contributed by atoms with Crippen LogP contribution in [0.5, 0.6) is 5.75 Å². The van der Waals surface area contributed by atoms with E-state index in [-0.39, 0.29) is 12.5 Å². The highest BCUT2D eigenvalue weighted by atomic mass is 16.5. The summed E-state index contributed by atoms with van der Waals surface area (Å²) in [4.78, 5) is 31.7. The summed E-state index contributed by atoms with van der Waals surface area (Å²) in [7, 11) is 0. The van der Waals surface area contributed by atoms with Gasteiger partial charge in [-0.15, -0.1) is 0 Å². The summed E-state index contributed by atoms with van der Waals surface area (Å²) in [5.74, 6) is 0.759. The van der Waals surface area contributed by atoms with Crippen molar-refractivity contribution in [3.8, 4) is 17.0 Å². The zero-order valence-corrected chi connectivity index (χ0v) is 19.5. The van der Waals surface area contributed by atoms with E-state index in [1.54, 1.807) is 25.1 Å². The number of likely N-dealkylation sites (tertiary alicyclic amines) is 1. The van der Waals surface area contributed by atoms with Crippen LogP contribution in [0.1, 0.15) is 42.6 Å². The standard InChI is InChI=1S/C27H30N2O4/c1-4-32-27(31)21-9-10-23-22(15-21)25(16-24(28-23)20-7-5-18(2)6-8-20)33-17-26(30)29-13-11-19(3)12-14-29/h5-10,15-16,19H,4,11-14,17H2,1-3H3. The summed E-state index contributed by atoms with van der Waals surface area (Å²) < 4.78 is 11.2. The SMILES string of the molecule is CCOC(=O)c1ccc2nc(-c3ccc(C)cc3)cc(OCC(=O)N3CCC(C)CC3)c2c1. The number of carbonyl (C=O) groups is 2. The van der Waals surface area contributed by atoms with Crippen LogP contribution < -0.4 is 4.74 Å². The highest BCUT2D eigenvalue weighted by Crippen LogP contribution is 2.31. The third-order valence-corrected chi connectivity index (χ3v) is 6.12. The van der Waals surface area contributed by atoms with Gasteiger partial charge in [0.25, 0.3) is 5.91 Å². The molecule has 1 saturated heterocycles. The highest BCUT2D eigenvalue weighted by Gasteiger charge is 2.21. The number of aromatic nitrogens is 1. The number of nitrogens with zero attached hydrogens (tertiary/aromatic N) is 2. The molecule has 0 bridgehead atoms. The molecule has 2 heterocycles. The van der Waals surface area contributed by atoms with Crippen molar-refractivity contribution < 1.29 is 19.1 Å². The van der Waals surface area contributed by atoms with Crippen LogP contribution in [0.15, 0.2) is 48.5 Å². The van der Waals surface area contributed by atoms with Crippen LogP contribution in [0.25, 0.3) is 22.2 Å². The lowest BCUT2D eigenvalue weighted by Gasteiger charge is -2.30. The molecule has 0 aliphatic carbocycles. The minimum absolute atomic E-state index is 0.0229.